The molecule has 126 valence electrons. The van der Waals surface area contributed by atoms with E-state index >= 15 is 0 Å². The van der Waals surface area contributed by atoms with E-state index in [-0.39, 0.29) is 6.10 Å². The van der Waals surface area contributed by atoms with E-state index in [9.17, 15) is 5.11 Å². The number of aliphatic hydroxyl groups excluding tert-OH is 1. The second-order valence-electron chi connectivity index (χ2n) is 6.17. The number of nitrogens with one attached hydrogen (secondary N) is 1. The van der Waals surface area contributed by atoms with Crippen LogP contribution in [0, 0.1) is 0 Å². The lowest BCUT2D eigenvalue weighted by Crippen LogP contribution is -2.41. The molecule has 4 heteroatoms. The summed E-state index contributed by atoms with van der Waals surface area (Å²) < 4.78 is 3.32. The van der Waals surface area contributed by atoms with Crippen LogP contribution in [0.4, 0.5) is 0 Å². The first kappa shape index (κ1) is 18.3. The standard InChI is InChI=1S/C19H28N2OS/c1-4-12-21(15(2)3)14-17(22)13-20-23-19-11-7-9-16-8-5-6-10-18(16)19/h5-11,15,17,20,22H,4,12-14H2,1-3H3. The minimum absolute atomic E-state index is 0.355. The van der Waals surface area contributed by atoms with E-state index in [0.717, 1.165) is 13.0 Å². The van der Waals surface area contributed by atoms with Gasteiger partial charge < -0.3 is 5.11 Å². The van der Waals surface area contributed by atoms with Gasteiger partial charge in [-0.2, -0.15) is 0 Å². The van der Waals surface area contributed by atoms with Crippen molar-refractivity contribution < 1.29 is 5.11 Å². The Balaban J connectivity index is 1.86. The lowest BCUT2D eigenvalue weighted by Gasteiger charge is -2.28. The van der Waals surface area contributed by atoms with Gasteiger partial charge in [0.15, 0.2) is 0 Å². The molecule has 0 saturated heterocycles. The molecule has 0 spiro atoms. The Morgan fingerprint density at radius 3 is 2.61 bits per heavy atom. The number of aliphatic hydroxyl groups is 1. The van der Waals surface area contributed by atoms with Gasteiger partial charge >= 0.3 is 0 Å². The van der Waals surface area contributed by atoms with E-state index in [4.69, 9.17) is 0 Å². The van der Waals surface area contributed by atoms with E-state index in [0.29, 0.717) is 19.1 Å². The molecule has 3 nitrogen and oxygen atoms in total. The number of hydrogen-bond donors (Lipinski definition) is 2. The van der Waals surface area contributed by atoms with Crippen molar-refractivity contribution in [2.75, 3.05) is 19.6 Å². The Morgan fingerprint density at radius 2 is 1.87 bits per heavy atom. The van der Waals surface area contributed by atoms with Crippen LogP contribution in [-0.4, -0.2) is 41.8 Å². The van der Waals surface area contributed by atoms with Gasteiger partial charge in [-0.3, -0.25) is 9.62 Å². The lowest BCUT2D eigenvalue weighted by atomic mass is 10.1. The van der Waals surface area contributed by atoms with Crippen LogP contribution in [0.1, 0.15) is 27.2 Å². The Kier molecular flexibility index (Phi) is 7.37. The Bertz CT molecular complexity index is 597. The van der Waals surface area contributed by atoms with Crippen molar-refractivity contribution in [2.45, 2.75) is 44.2 Å². The maximum Gasteiger partial charge on any atom is 0.0800 e. The van der Waals surface area contributed by atoms with Gasteiger partial charge in [0.05, 0.1) is 6.10 Å². The summed E-state index contributed by atoms with van der Waals surface area (Å²) in [6.07, 6.45) is 0.759. The second-order valence-corrected chi connectivity index (χ2v) is 7.10. The summed E-state index contributed by atoms with van der Waals surface area (Å²) in [6.45, 7) is 8.87. The highest BCUT2D eigenvalue weighted by molar-refractivity contribution is 7.97. The summed E-state index contributed by atoms with van der Waals surface area (Å²) in [6, 6.07) is 15.2. The predicted molar refractivity (Wildman–Crippen MR) is 101 cm³/mol. The molecule has 0 aliphatic carbocycles. The van der Waals surface area contributed by atoms with Gasteiger partial charge in [-0.15, -0.1) is 0 Å². The lowest BCUT2D eigenvalue weighted by molar-refractivity contribution is 0.0988. The van der Waals surface area contributed by atoms with E-state index < -0.39 is 0 Å². The van der Waals surface area contributed by atoms with Gasteiger partial charge in [-0.05, 0) is 55.6 Å². The highest BCUT2D eigenvalue weighted by Gasteiger charge is 2.14. The Labute approximate surface area is 144 Å². The summed E-state index contributed by atoms with van der Waals surface area (Å²) in [4.78, 5) is 3.53. The first-order valence-corrected chi connectivity index (χ1v) is 9.23. The normalized spacial score (nSPS) is 13.1. The van der Waals surface area contributed by atoms with Gasteiger partial charge in [-0.1, -0.05) is 43.3 Å². The second kappa shape index (κ2) is 9.28. The van der Waals surface area contributed by atoms with Gasteiger partial charge in [0.2, 0.25) is 0 Å². The van der Waals surface area contributed by atoms with Crippen molar-refractivity contribution in [3.05, 3.63) is 42.5 Å². The molecule has 0 aliphatic heterocycles. The molecule has 0 bridgehead atoms. The van der Waals surface area contributed by atoms with E-state index in [2.05, 4.69) is 72.9 Å². The number of hydrogen-bond acceptors (Lipinski definition) is 4. The number of benzene rings is 2. The van der Waals surface area contributed by atoms with Crippen LogP contribution < -0.4 is 4.72 Å². The molecule has 2 aromatic rings. The summed E-state index contributed by atoms with van der Waals surface area (Å²) >= 11 is 1.60. The SMILES string of the molecule is CCCN(CC(O)CNSc1cccc2ccccc12)C(C)C. The summed E-state index contributed by atoms with van der Waals surface area (Å²) in [5.41, 5.74) is 0. The third-order valence-electron chi connectivity index (χ3n) is 3.94. The average molecular weight is 333 g/mol. The third-order valence-corrected chi connectivity index (χ3v) is 4.82. The van der Waals surface area contributed by atoms with Crippen LogP contribution in [-0.2, 0) is 0 Å². The van der Waals surface area contributed by atoms with E-state index in [1.54, 1.807) is 11.9 Å². The molecule has 0 saturated carbocycles. The highest BCUT2D eigenvalue weighted by atomic mass is 32.2. The van der Waals surface area contributed by atoms with Crippen LogP contribution in [0.3, 0.4) is 0 Å². The molecule has 2 rings (SSSR count). The predicted octanol–water partition coefficient (Wildman–Crippen LogP) is 3.92. The maximum atomic E-state index is 10.3. The van der Waals surface area contributed by atoms with Crippen LogP contribution in [0.5, 0.6) is 0 Å². The minimum Gasteiger partial charge on any atom is -0.390 e. The van der Waals surface area contributed by atoms with Gasteiger partial charge in [-0.25, -0.2) is 0 Å². The summed E-state index contributed by atoms with van der Waals surface area (Å²) in [7, 11) is 0. The number of nitrogens with zero attached hydrogens (tertiary/aromatic N) is 1. The van der Waals surface area contributed by atoms with Crippen molar-refractivity contribution in [3.63, 3.8) is 0 Å². The minimum atomic E-state index is -0.355. The molecule has 2 N–H and O–H groups in total. The first-order chi connectivity index (χ1) is 11.1. The van der Waals surface area contributed by atoms with Crippen LogP contribution >= 0.6 is 11.9 Å². The van der Waals surface area contributed by atoms with Crippen molar-refractivity contribution in [3.8, 4) is 0 Å². The Morgan fingerprint density at radius 1 is 1.13 bits per heavy atom. The molecule has 1 unspecified atom stereocenters. The van der Waals surface area contributed by atoms with Gasteiger partial charge in [0.1, 0.15) is 0 Å². The quantitative estimate of drug-likeness (QED) is 0.682. The zero-order valence-electron chi connectivity index (χ0n) is 14.3. The number of fused-ring (bicyclic) bond motifs is 1. The Hall–Kier alpha value is -1.07. The first-order valence-electron chi connectivity index (χ1n) is 8.41. The molecule has 0 aromatic heterocycles. The maximum absolute atomic E-state index is 10.3. The molecule has 0 amide bonds. The fraction of sp³-hybridized carbons (Fsp3) is 0.474. The number of rotatable bonds is 9. The van der Waals surface area contributed by atoms with Crippen molar-refractivity contribution in [2.24, 2.45) is 0 Å². The van der Waals surface area contributed by atoms with Crippen LogP contribution in [0.15, 0.2) is 47.4 Å². The van der Waals surface area contributed by atoms with Gasteiger partial charge in [0, 0.05) is 24.0 Å². The third kappa shape index (κ3) is 5.50. The fourth-order valence-corrected chi connectivity index (χ4v) is 3.56. The van der Waals surface area contributed by atoms with Crippen molar-refractivity contribution in [1.82, 2.24) is 9.62 Å². The molecular formula is C19H28N2OS. The van der Waals surface area contributed by atoms with Gasteiger partial charge in [0.25, 0.3) is 0 Å². The fourth-order valence-electron chi connectivity index (χ4n) is 2.68. The summed E-state index contributed by atoms with van der Waals surface area (Å²) in [5.74, 6) is 0. The monoisotopic (exact) mass is 332 g/mol. The van der Waals surface area contributed by atoms with Crippen molar-refractivity contribution in [1.29, 1.82) is 0 Å². The molecule has 0 aliphatic rings. The zero-order chi connectivity index (χ0) is 16.7. The smallest absolute Gasteiger partial charge is 0.0800 e. The zero-order valence-corrected chi connectivity index (χ0v) is 15.1. The van der Waals surface area contributed by atoms with Crippen molar-refractivity contribution >= 4 is 22.7 Å². The van der Waals surface area contributed by atoms with E-state index in [1.807, 2.05) is 0 Å². The largest absolute Gasteiger partial charge is 0.390 e. The summed E-state index contributed by atoms with van der Waals surface area (Å²) in [5, 5.41) is 12.8. The van der Waals surface area contributed by atoms with Crippen LogP contribution in [0.25, 0.3) is 10.8 Å². The van der Waals surface area contributed by atoms with Crippen LogP contribution in [0.2, 0.25) is 0 Å². The molecule has 0 radical (unpaired) electrons. The molecular weight excluding hydrogens is 304 g/mol. The average Bonchev–Trinajstić information content (AvgIpc) is 2.54. The topological polar surface area (TPSA) is 35.5 Å². The highest BCUT2D eigenvalue weighted by Crippen LogP contribution is 2.25. The molecule has 1 atom stereocenters. The van der Waals surface area contributed by atoms with E-state index in [1.165, 1.54) is 15.7 Å². The molecule has 0 fully saturated rings. The molecule has 0 heterocycles. The molecule has 2 aromatic carbocycles. The molecule has 23 heavy (non-hydrogen) atoms.